The van der Waals surface area contributed by atoms with Crippen LogP contribution < -0.4 is 35.9 Å². The minimum Gasteiger partial charge on any atom is -0.497 e. The van der Waals surface area contributed by atoms with Gasteiger partial charge in [0.15, 0.2) is 0 Å². The molecule has 0 fully saturated rings. The highest BCUT2D eigenvalue weighted by atomic mass is 16.6. The second-order valence-electron chi connectivity index (χ2n) is 27.8. The summed E-state index contributed by atoms with van der Waals surface area (Å²) in [5.74, 6) is -4.41. The van der Waals surface area contributed by atoms with Gasteiger partial charge in [0.25, 0.3) is 0 Å². The monoisotopic (exact) mass is 1520 g/mol. The Hall–Kier alpha value is -11.2. The summed E-state index contributed by atoms with van der Waals surface area (Å²) in [4.78, 5) is 144. The fraction of sp³-hybridized carbons (Fsp3) is 0.440. The minimum absolute atomic E-state index is 0.00445. The molecule has 5 rings (SSSR count). The number of carbonyl (C=O) groups is 11. The topological polar surface area (TPSA) is 333 Å². The van der Waals surface area contributed by atoms with Crippen LogP contribution in [0.5, 0.6) is 17.2 Å². The Labute approximate surface area is 647 Å². The van der Waals surface area contributed by atoms with Crippen molar-refractivity contribution in [2.24, 2.45) is 17.6 Å². The number of hydrogen-bond donors (Lipinski definition) is 4. The van der Waals surface area contributed by atoms with Gasteiger partial charge in [-0.3, -0.25) is 38.4 Å². The largest absolute Gasteiger partial charge is 0.497 e. The van der Waals surface area contributed by atoms with Crippen LogP contribution in [0.25, 0.3) is 0 Å². The number of amides is 6. The van der Waals surface area contributed by atoms with E-state index in [0.717, 1.165) is 33.6 Å². The molecule has 0 radical (unpaired) electrons. The van der Waals surface area contributed by atoms with Gasteiger partial charge in [0, 0.05) is 64.4 Å². The summed E-state index contributed by atoms with van der Waals surface area (Å²) < 4.78 is 40.7. The lowest BCUT2D eigenvalue weighted by Crippen LogP contribution is -2.49. The van der Waals surface area contributed by atoms with Crippen LogP contribution in [0.4, 0.5) is 0 Å². The molecule has 0 aliphatic rings. The van der Waals surface area contributed by atoms with E-state index < -0.39 is 94.8 Å². The van der Waals surface area contributed by atoms with Gasteiger partial charge >= 0.3 is 29.8 Å². The molecule has 110 heavy (non-hydrogen) atoms. The molecule has 0 spiro atoms. The third-order valence-electron chi connectivity index (χ3n) is 16.6. The van der Waals surface area contributed by atoms with Crippen LogP contribution in [-0.4, -0.2) is 178 Å². The summed E-state index contributed by atoms with van der Waals surface area (Å²) in [6, 6.07) is 36.9. The average molecular weight is 1520 g/mol. The van der Waals surface area contributed by atoms with E-state index >= 15 is 0 Å². The molecule has 6 amide bonds. The Balaban J connectivity index is 0.000000430. The van der Waals surface area contributed by atoms with Crippen molar-refractivity contribution in [1.29, 1.82) is 0 Å². The van der Waals surface area contributed by atoms with Crippen molar-refractivity contribution < 1.29 is 90.6 Å². The molecule has 26 nitrogen and oxygen atoms in total. The highest BCUT2D eigenvalue weighted by molar-refractivity contribution is 5.91. The molecule has 0 heterocycles. The molecule has 6 atom stereocenters. The maximum atomic E-state index is 13.4. The van der Waals surface area contributed by atoms with Crippen LogP contribution in [0.15, 0.2) is 171 Å². The third kappa shape index (κ3) is 36.2. The Morgan fingerprint density at radius 1 is 0.409 bits per heavy atom. The number of rotatable bonds is 41. The number of methoxy groups -OCH3 is 6. The van der Waals surface area contributed by atoms with E-state index in [9.17, 15) is 52.7 Å². The fourth-order valence-electron chi connectivity index (χ4n) is 10.8. The van der Waals surface area contributed by atoms with Crippen molar-refractivity contribution in [2.45, 2.75) is 168 Å². The fourth-order valence-corrected chi connectivity index (χ4v) is 10.8. The molecular weight excluding hydrogens is 1410 g/mol. The van der Waals surface area contributed by atoms with Gasteiger partial charge in [-0.2, -0.15) is 0 Å². The maximum Gasteiger partial charge on any atom is 0.328 e. The number of nitrogens with zero attached hydrogens (tertiary/aromatic N) is 3. The molecule has 26 heteroatoms. The highest BCUT2D eigenvalue weighted by Crippen LogP contribution is 2.22. The van der Waals surface area contributed by atoms with Crippen LogP contribution in [0.3, 0.4) is 0 Å². The number of nitrogens with two attached hydrogens (primary N) is 1. The second kappa shape index (κ2) is 49.0. The molecule has 0 unspecified atom stereocenters. The minimum atomic E-state index is -1.07. The summed E-state index contributed by atoms with van der Waals surface area (Å²) in [6.07, 6.45) is 5.39. The molecule has 5 aromatic rings. The van der Waals surface area contributed by atoms with Gasteiger partial charge in [0.05, 0.1) is 67.5 Å². The van der Waals surface area contributed by atoms with Crippen molar-refractivity contribution in [3.63, 3.8) is 0 Å². The molecule has 0 aliphatic carbocycles. The number of benzene rings is 5. The van der Waals surface area contributed by atoms with E-state index in [0.29, 0.717) is 57.2 Å². The standard InChI is InChI=1S/C32H42N2O7.C26H33N3O5.C26H38N2O7/c1-7-19-34(22-24-13-15-26(39-5)16-14-24)28(35)18-17-27(31(38)40-6)33-30(37)25(20-23-11-9-8-10-12-23)21-29(36)41-32(2,3)4;1-4-16-29(18-20-10-12-21(33-2)13-11-20)24(30)15-14-23(26(32)34-3)28-25(31)22(27)17-19-8-6-5-7-9-19;1-8-15-28(17-19-9-11-20(33-6)12-10-19)22(29)14-13-21(25(32)34-7)27-24(31)18(2)16-23(30)35-26(3,4)5/h7-16,25,27H,1,17-22H2,2-6H3,(H,33,37);4-13,22-23H,1,14-18,27H2,2-3H3,(H,28,31);8-12,18,21H,1,13-17H2,2-7H3,(H,27,31)/t25-,27-;22-,23+;18-,21-/m010/s1. The molecule has 0 bridgehead atoms. The van der Waals surface area contributed by atoms with Crippen molar-refractivity contribution in [2.75, 3.05) is 62.3 Å². The zero-order valence-electron chi connectivity index (χ0n) is 66.0. The molecule has 0 aliphatic heterocycles. The average Bonchev–Trinajstić information content (AvgIpc) is 0.870. The van der Waals surface area contributed by atoms with E-state index in [1.807, 2.05) is 133 Å². The van der Waals surface area contributed by atoms with Crippen molar-refractivity contribution >= 4 is 65.3 Å². The lowest BCUT2D eigenvalue weighted by molar-refractivity contribution is -0.158. The van der Waals surface area contributed by atoms with Crippen molar-refractivity contribution in [3.8, 4) is 17.2 Å². The summed E-state index contributed by atoms with van der Waals surface area (Å²) in [7, 11) is 8.42. The zero-order valence-corrected chi connectivity index (χ0v) is 66.0. The predicted molar refractivity (Wildman–Crippen MR) is 417 cm³/mol. The van der Waals surface area contributed by atoms with Gasteiger partial charge in [-0.15, -0.1) is 19.7 Å². The van der Waals surface area contributed by atoms with Crippen LogP contribution in [0, 0.1) is 11.8 Å². The predicted octanol–water partition coefficient (Wildman–Crippen LogP) is 9.47. The number of hydrogen-bond acceptors (Lipinski definition) is 20. The Morgan fingerprint density at radius 2 is 0.709 bits per heavy atom. The number of esters is 5. The Kier molecular flexibility index (Phi) is 41.5. The SMILES string of the molecule is C=CCN(Cc1ccc(OC)cc1)C(=O)CC[C@H](NC(=O)[C@@H](C)CC(=O)OC(C)(C)C)C(=O)OC.C=CCN(Cc1ccc(OC)cc1)C(=O)CC[C@H](NC(=O)[C@H](CC(=O)OC(C)(C)C)Cc1ccccc1)C(=O)OC.C=CCN(Cc1ccc(OC)cc1)C(=O)CC[C@H](NC(=O)[C@H](N)Cc1ccccc1)C(=O)OC. The first-order chi connectivity index (χ1) is 52.2. The van der Waals surface area contributed by atoms with E-state index in [4.69, 9.17) is 43.6 Å². The van der Waals surface area contributed by atoms with E-state index in [1.54, 1.807) is 103 Å². The van der Waals surface area contributed by atoms with Gasteiger partial charge in [-0.1, -0.05) is 122 Å². The molecule has 5 N–H and O–H groups in total. The summed E-state index contributed by atoms with van der Waals surface area (Å²) in [6.45, 7) is 25.3. The Bertz CT molecular complexity index is 3750. The van der Waals surface area contributed by atoms with E-state index in [1.165, 1.54) is 21.3 Å². The van der Waals surface area contributed by atoms with Crippen LogP contribution in [-0.2, 0) is 109 Å². The van der Waals surface area contributed by atoms with E-state index in [2.05, 4.69) is 35.7 Å². The van der Waals surface area contributed by atoms with Crippen molar-refractivity contribution in [1.82, 2.24) is 30.7 Å². The molecule has 0 saturated heterocycles. The van der Waals surface area contributed by atoms with Gasteiger partial charge < -0.3 is 74.3 Å². The maximum absolute atomic E-state index is 13.4. The van der Waals surface area contributed by atoms with Crippen LogP contribution in [0.2, 0.25) is 0 Å². The van der Waals surface area contributed by atoms with Crippen LogP contribution in [0.1, 0.15) is 128 Å². The second-order valence-corrected chi connectivity index (χ2v) is 27.8. The Morgan fingerprint density at radius 3 is 1.01 bits per heavy atom. The molecular formula is C84H113N7O19. The lowest BCUT2D eigenvalue weighted by Gasteiger charge is -2.25. The van der Waals surface area contributed by atoms with Crippen LogP contribution >= 0.6 is 0 Å². The molecule has 5 aromatic carbocycles. The number of carbonyl (C=O) groups excluding carboxylic acids is 11. The quantitative estimate of drug-likeness (QED) is 0.0161. The number of ether oxygens (including phenoxy) is 8. The molecule has 0 aromatic heterocycles. The molecule has 0 saturated carbocycles. The normalized spacial score (nSPS) is 12.4. The van der Waals surface area contributed by atoms with Gasteiger partial charge in [-0.25, -0.2) is 14.4 Å². The zero-order chi connectivity index (χ0) is 81.9. The van der Waals surface area contributed by atoms with Gasteiger partial charge in [0.1, 0.15) is 46.6 Å². The highest BCUT2D eigenvalue weighted by Gasteiger charge is 2.33. The third-order valence-corrected chi connectivity index (χ3v) is 16.6. The first kappa shape index (κ1) is 93.1. The van der Waals surface area contributed by atoms with Gasteiger partial charge in [-0.05, 0) is 138 Å². The lowest BCUT2D eigenvalue weighted by atomic mass is 9.94. The van der Waals surface area contributed by atoms with Crippen molar-refractivity contribution in [3.05, 3.63) is 199 Å². The smallest absolute Gasteiger partial charge is 0.328 e. The summed E-state index contributed by atoms with van der Waals surface area (Å²) >= 11 is 0. The molecule has 598 valence electrons. The first-order valence-corrected chi connectivity index (χ1v) is 36.2. The number of nitrogens with one attached hydrogen (secondary N) is 3. The van der Waals surface area contributed by atoms with Gasteiger partial charge in [0.2, 0.25) is 35.4 Å². The van der Waals surface area contributed by atoms with E-state index in [-0.39, 0.29) is 75.5 Å². The summed E-state index contributed by atoms with van der Waals surface area (Å²) in [5, 5.41) is 7.95. The first-order valence-electron chi connectivity index (χ1n) is 36.2. The summed E-state index contributed by atoms with van der Waals surface area (Å²) in [5.41, 5.74) is 9.18.